The summed E-state index contributed by atoms with van der Waals surface area (Å²) in [5.74, 6) is 0.695. The van der Waals surface area contributed by atoms with E-state index in [9.17, 15) is 13.2 Å². The van der Waals surface area contributed by atoms with Crippen LogP contribution in [-0.4, -0.2) is 58.6 Å². The lowest BCUT2D eigenvalue weighted by Crippen LogP contribution is -2.52. The molecule has 0 unspecified atom stereocenters. The van der Waals surface area contributed by atoms with Crippen LogP contribution in [0.15, 0.2) is 53.4 Å². The summed E-state index contributed by atoms with van der Waals surface area (Å²) in [5, 5.41) is 7.92. The van der Waals surface area contributed by atoms with E-state index in [1.165, 1.54) is 24.3 Å². The zero-order chi connectivity index (χ0) is 21.0. The number of sulfonamides is 1. The molecule has 2 aromatic rings. The number of carbonyl (C=O) groups is 1. The van der Waals surface area contributed by atoms with Crippen LogP contribution in [0.2, 0.25) is 0 Å². The number of benzene rings is 2. The average Bonchev–Trinajstić information content (AvgIpc) is 2.73. The highest BCUT2D eigenvalue weighted by Gasteiger charge is 2.25. The van der Waals surface area contributed by atoms with Crippen LogP contribution in [0.3, 0.4) is 0 Å². The molecular formula is C20H26N4O4S. The van der Waals surface area contributed by atoms with Crippen molar-refractivity contribution in [1.29, 1.82) is 0 Å². The average molecular weight is 419 g/mol. The lowest BCUT2D eigenvalue weighted by Gasteiger charge is -2.38. The standard InChI is InChI=1S/C20H26N4O4S/c1-15(20(25)22-16-3-9-19(10-4-16)29(21,26)27)23-11-13-24(14-12-23)17-5-7-18(28-2)8-6-17/h3-10,15H,11-14H2,1-2H3,(H,22,25)(H2,21,26,27)/t15-/m1/s1. The fraction of sp³-hybridized carbons (Fsp3) is 0.350. The minimum absolute atomic E-state index is 0.0122. The van der Waals surface area contributed by atoms with Gasteiger partial charge in [-0.2, -0.15) is 0 Å². The lowest BCUT2D eigenvalue weighted by molar-refractivity contribution is -0.120. The molecule has 9 heteroatoms. The topological polar surface area (TPSA) is 105 Å². The van der Waals surface area contributed by atoms with Crippen LogP contribution in [0.5, 0.6) is 5.75 Å². The zero-order valence-electron chi connectivity index (χ0n) is 16.5. The van der Waals surface area contributed by atoms with Gasteiger partial charge in [0.2, 0.25) is 15.9 Å². The molecule has 3 N–H and O–H groups in total. The number of piperazine rings is 1. The van der Waals surface area contributed by atoms with Crippen LogP contribution < -0.4 is 20.1 Å². The number of anilines is 2. The van der Waals surface area contributed by atoms with Gasteiger partial charge in [-0.05, 0) is 55.5 Å². The van der Waals surface area contributed by atoms with Crippen molar-refractivity contribution in [2.24, 2.45) is 5.14 Å². The molecule has 0 spiro atoms. The SMILES string of the molecule is COc1ccc(N2CCN([C@H](C)C(=O)Nc3ccc(S(N)(=O)=O)cc3)CC2)cc1. The third-order valence-electron chi connectivity index (χ3n) is 5.13. The number of hydrogen-bond acceptors (Lipinski definition) is 6. The number of amides is 1. The first-order chi connectivity index (χ1) is 13.8. The monoisotopic (exact) mass is 418 g/mol. The second-order valence-corrected chi connectivity index (χ2v) is 8.52. The molecule has 29 heavy (non-hydrogen) atoms. The molecule has 1 heterocycles. The summed E-state index contributed by atoms with van der Waals surface area (Å²) in [7, 11) is -2.10. The summed E-state index contributed by atoms with van der Waals surface area (Å²) < 4.78 is 27.8. The van der Waals surface area contributed by atoms with Gasteiger partial charge in [0.15, 0.2) is 0 Å². The Morgan fingerprint density at radius 2 is 1.62 bits per heavy atom. The molecule has 1 amide bonds. The predicted molar refractivity (Wildman–Crippen MR) is 113 cm³/mol. The molecule has 1 aliphatic heterocycles. The van der Waals surface area contributed by atoms with Gasteiger partial charge in [-0.25, -0.2) is 13.6 Å². The molecule has 0 aromatic heterocycles. The molecule has 0 radical (unpaired) electrons. The minimum atomic E-state index is -3.75. The smallest absolute Gasteiger partial charge is 0.241 e. The number of nitrogens with one attached hydrogen (secondary N) is 1. The van der Waals surface area contributed by atoms with E-state index in [2.05, 4.69) is 15.1 Å². The summed E-state index contributed by atoms with van der Waals surface area (Å²) in [4.78, 5) is 17.0. The summed E-state index contributed by atoms with van der Waals surface area (Å²) in [5.41, 5.74) is 1.67. The quantitative estimate of drug-likeness (QED) is 0.737. The summed E-state index contributed by atoms with van der Waals surface area (Å²) >= 11 is 0. The Labute approximate surface area is 171 Å². The number of nitrogens with zero attached hydrogens (tertiary/aromatic N) is 2. The molecule has 156 valence electrons. The van der Waals surface area contributed by atoms with Gasteiger partial charge < -0.3 is 15.0 Å². The third-order valence-corrected chi connectivity index (χ3v) is 6.06. The van der Waals surface area contributed by atoms with Crippen molar-refractivity contribution < 1.29 is 17.9 Å². The van der Waals surface area contributed by atoms with E-state index >= 15 is 0 Å². The normalized spacial score (nSPS) is 16.3. The van der Waals surface area contributed by atoms with E-state index in [0.29, 0.717) is 5.69 Å². The number of primary sulfonamides is 1. The van der Waals surface area contributed by atoms with E-state index in [1.807, 2.05) is 31.2 Å². The minimum Gasteiger partial charge on any atom is -0.497 e. The van der Waals surface area contributed by atoms with Crippen molar-refractivity contribution in [3.63, 3.8) is 0 Å². The Morgan fingerprint density at radius 3 is 2.14 bits per heavy atom. The molecular weight excluding hydrogens is 392 g/mol. The van der Waals surface area contributed by atoms with Crippen LogP contribution in [0.4, 0.5) is 11.4 Å². The summed E-state index contributed by atoms with van der Waals surface area (Å²) in [6.07, 6.45) is 0. The number of ether oxygens (including phenoxy) is 1. The Balaban J connectivity index is 1.54. The van der Waals surface area contributed by atoms with Gasteiger partial charge >= 0.3 is 0 Å². The van der Waals surface area contributed by atoms with Crippen molar-refractivity contribution >= 4 is 27.3 Å². The second kappa shape index (κ2) is 8.81. The Kier molecular flexibility index (Phi) is 6.41. The highest BCUT2D eigenvalue weighted by molar-refractivity contribution is 7.89. The number of rotatable bonds is 6. The van der Waals surface area contributed by atoms with Crippen molar-refractivity contribution in [1.82, 2.24) is 4.90 Å². The lowest BCUT2D eigenvalue weighted by atomic mass is 10.2. The first-order valence-electron chi connectivity index (χ1n) is 9.35. The van der Waals surface area contributed by atoms with Crippen molar-refractivity contribution in [3.8, 4) is 5.75 Å². The maximum atomic E-state index is 12.6. The first kappa shape index (κ1) is 21.1. The van der Waals surface area contributed by atoms with Gasteiger partial charge in [-0.1, -0.05) is 0 Å². The van der Waals surface area contributed by atoms with Gasteiger partial charge in [0.25, 0.3) is 0 Å². The molecule has 1 fully saturated rings. The number of methoxy groups -OCH3 is 1. The highest BCUT2D eigenvalue weighted by atomic mass is 32.2. The Hall–Kier alpha value is -2.62. The van der Waals surface area contributed by atoms with E-state index in [1.54, 1.807) is 7.11 Å². The zero-order valence-corrected chi connectivity index (χ0v) is 17.4. The van der Waals surface area contributed by atoms with Crippen molar-refractivity contribution in [3.05, 3.63) is 48.5 Å². The summed E-state index contributed by atoms with van der Waals surface area (Å²) in [6, 6.07) is 13.5. The molecule has 1 aliphatic rings. The fourth-order valence-electron chi connectivity index (χ4n) is 3.30. The van der Waals surface area contributed by atoms with Crippen LogP contribution >= 0.6 is 0 Å². The molecule has 8 nitrogen and oxygen atoms in total. The Morgan fingerprint density at radius 1 is 1.03 bits per heavy atom. The van der Waals surface area contributed by atoms with Gasteiger partial charge in [0.1, 0.15) is 5.75 Å². The van der Waals surface area contributed by atoms with E-state index < -0.39 is 10.0 Å². The number of nitrogens with two attached hydrogens (primary N) is 1. The number of carbonyl (C=O) groups excluding carboxylic acids is 1. The third kappa shape index (κ3) is 5.26. The fourth-order valence-corrected chi connectivity index (χ4v) is 3.82. The van der Waals surface area contributed by atoms with Crippen LogP contribution in [0, 0.1) is 0 Å². The predicted octanol–water partition coefficient (Wildman–Crippen LogP) is 1.49. The van der Waals surface area contributed by atoms with Crippen molar-refractivity contribution in [2.45, 2.75) is 17.9 Å². The molecule has 3 rings (SSSR count). The second-order valence-electron chi connectivity index (χ2n) is 6.96. The maximum absolute atomic E-state index is 12.6. The molecule has 1 saturated heterocycles. The van der Waals surface area contributed by atoms with E-state index in [4.69, 9.17) is 9.88 Å². The van der Waals surface area contributed by atoms with Crippen LogP contribution in [0.1, 0.15) is 6.92 Å². The molecule has 0 bridgehead atoms. The maximum Gasteiger partial charge on any atom is 0.241 e. The van der Waals surface area contributed by atoms with Crippen LogP contribution in [0.25, 0.3) is 0 Å². The van der Waals surface area contributed by atoms with Gasteiger partial charge in [0, 0.05) is 37.6 Å². The Bertz CT molecular complexity index is 937. The molecule has 1 atom stereocenters. The molecule has 2 aromatic carbocycles. The molecule has 0 aliphatic carbocycles. The van der Waals surface area contributed by atoms with E-state index in [0.717, 1.165) is 37.6 Å². The van der Waals surface area contributed by atoms with Crippen LogP contribution in [-0.2, 0) is 14.8 Å². The largest absolute Gasteiger partial charge is 0.497 e. The molecule has 0 saturated carbocycles. The highest BCUT2D eigenvalue weighted by Crippen LogP contribution is 2.21. The number of hydrogen-bond donors (Lipinski definition) is 2. The first-order valence-corrected chi connectivity index (χ1v) is 10.9. The van der Waals surface area contributed by atoms with Gasteiger partial charge in [-0.15, -0.1) is 0 Å². The summed E-state index contributed by atoms with van der Waals surface area (Å²) in [6.45, 7) is 5.06. The van der Waals surface area contributed by atoms with Gasteiger partial charge in [-0.3, -0.25) is 9.69 Å². The van der Waals surface area contributed by atoms with Gasteiger partial charge in [0.05, 0.1) is 18.0 Å². The van der Waals surface area contributed by atoms with E-state index in [-0.39, 0.29) is 16.8 Å². The van der Waals surface area contributed by atoms with Crippen molar-refractivity contribution in [2.75, 3.05) is 43.5 Å².